The molecule has 0 aliphatic rings. The summed E-state index contributed by atoms with van der Waals surface area (Å²) in [5.74, 6) is -51.8. The van der Waals surface area contributed by atoms with Crippen molar-refractivity contribution in [3.8, 4) is 0 Å². The number of hydrogen-bond donors (Lipinski definition) is 1. The van der Waals surface area contributed by atoms with Gasteiger partial charge in [0.05, 0.1) is 6.26 Å². The second-order valence-corrected chi connectivity index (χ2v) is 7.78. The predicted octanol–water partition coefficient (Wildman–Crippen LogP) is 5.38. The van der Waals surface area contributed by atoms with E-state index in [0.717, 1.165) is 0 Å². The molecule has 0 bridgehead atoms. The number of nitrogens with one attached hydrogen (secondary N) is 1. The molecule has 0 aromatic rings. The van der Waals surface area contributed by atoms with Crippen molar-refractivity contribution < 1.29 is 87.8 Å². The molecule has 1 N–H and O–H groups in total. The fourth-order valence-corrected chi connectivity index (χ4v) is 2.89. The molecule has 1 atom stereocenters. The van der Waals surface area contributed by atoms with Crippen LogP contribution in [-0.4, -0.2) is 61.6 Å². The van der Waals surface area contributed by atoms with Gasteiger partial charge in [0.25, 0.3) is 10.0 Å². The normalized spacial score (nSPS) is 16.9. The highest BCUT2D eigenvalue weighted by Crippen LogP contribution is 2.64. The van der Waals surface area contributed by atoms with Crippen molar-refractivity contribution in [3.63, 3.8) is 0 Å². The van der Waals surface area contributed by atoms with Crippen LogP contribution >= 0.6 is 0 Å². The van der Waals surface area contributed by atoms with Gasteiger partial charge in [-0.15, -0.1) is 0 Å². The molecule has 0 saturated carbocycles. The van der Waals surface area contributed by atoms with Crippen LogP contribution in [0.1, 0.15) is 6.92 Å². The zero-order valence-corrected chi connectivity index (χ0v) is 16.2. The van der Waals surface area contributed by atoms with E-state index >= 15 is 0 Å². The Balaban J connectivity index is 6.86. The van der Waals surface area contributed by atoms with E-state index in [1.54, 1.807) is 0 Å². The van der Waals surface area contributed by atoms with Gasteiger partial charge in [0.1, 0.15) is 0 Å². The highest BCUT2D eigenvalue weighted by molar-refractivity contribution is 7.90. The molecule has 0 aromatic carbocycles. The zero-order chi connectivity index (χ0) is 28.2. The zero-order valence-electron chi connectivity index (χ0n) is 15.4. The maximum Gasteiger partial charge on any atom is 0.460 e. The van der Waals surface area contributed by atoms with Crippen molar-refractivity contribution in [2.24, 2.45) is 0 Å². The van der Waals surface area contributed by atoms with Crippen LogP contribution in [0.4, 0.5) is 74.6 Å². The first kappa shape index (κ1) is 32.3. The van der Waals surface area contributed by atoms with E-state index in [1.807, 2.05) is 0 Å². The van der Waals surface area contributed by atoms with Gasteiger partial charge in [-0.25, -0.2) is 8.42 Å². The molecule has 34 heavy (non-hydrogen) atoms. The first-order valence-corrected chi connectivity index (χ1v) is 8.93. The summed E-state index contributed by atoms with van der Waals surface area (Å²) >= 11 is 0. The molecule has 0 aromatic heterocycles. The Morgan fingerprint density at radius 1 is 0.647 bits per heavy atom. The lowest BCUT2D eigenvalue weighted by Crippen LogP contribution is -2.75. The molecule has 0 saturated heterocycles. The molecule has 0 heterocycles. The molecule has 0 amide bonds. The number of alkyl halides is 17. The van der Waals surface area contributed by atoms with Crippen molar-refractivity contribution in [2.45, 2.75) is 60.1 Å². The molecule has 0 aliphatic heterocycles. The maximum absolute atomic E-state index is 13.7. The van der Waals surface area contributed by atoms with E-state index in [2.05, 4.69) is 11.3 Å². The van der Waals surface area contributed by atoms with Crippen molar-refractivity contribution in [1.82, 2.24) is 4.72 Å². The largest absolute Gasteiger partial charge is 0.483 e. The second kappa shape index (κ2) is 8.43. The topological polar surface area (TPSA) is 55.4 Å². The molecule has 22 heteroatoms. The Morgan fingerprint density at radius 2 is 0.941 bits per heavy atom. The van der Waals surface area contributed by atoms with E-state index in [-0.39, 0.29) is 6.26 Å². The van der Waals surface area contributed by atoms with Gasteiger partial charge in [-0.2, -0.15) is 79.4 Å². The van der Waals surface area contributed by atoms with Crippen LogP contribution in [-0.2, 0) is 14.8 Å². The van der Waals surface area contributed by atoms with E-state index in [0.29, 0.717) is 11.6 Å². The summed E-state index contributed by atoms with van der Waals surface area (Å²) < 4.78 is 249. The molecule has 0 spiro atoms. The van der Waals surface area contributed by atoms with Gasteiger partial charge in [-0.05, 0) is 6.92 Å². The summed E-state index contributed by atoms with van der Waals surface area (Å²) in [7, 11) is -7.39. The fourth-order valence-electron chi connectivity index (χ4n) is 1.78. The highest BCUT2D eigenvalue weighted by Gasteiger charge is 2.96. The minimum atomic E-state index is -8.87. The molecular formula is C12H8F17NO3S. The minimum absolute atomic E-state index is 0.218. The Bertz CT molecular complexity index is 863. The average molecular weight is 569 g/mol. The van der Waals surface area contributed by atoms with Crippen LogP contribution in [0.5, 0.6) is 0 Å². The Labute approximate surface area is 176 Å². The van der Waals surface area contributed by atoms with Crippen molar-refractivity contribution in [1.29, 1.82) is 0 Å². The lowest BCUT2D eigenvalue weighted by Gasteiger charge is -2.42. The van der Waals surface area contributed by atoms with Gasteiger partial charge in [0.15, 0.2) is 6.23 Å². The summed E-state index contributed by atoms with van der Waals surface area (Å²) in [5.41, 5.74) is 0. The molecule has 4 nitrogen and oxygen atoms in total. The highest BCUT2D eigenvalue weighted by atomic mass is 32.2. The molecule has 1 unspecified atom stereocenters. The fraction of sp³-hybridized carbons (Fsp3) is 0.833. The van der Waals surface area contributed by atoms with Crippen LogP contribution in [0.15, 0.2) is 12.8 Å². The molecule has 0 rings (SSSR count). The number of hydrogen-bond acceptors (Lipinski definition) is 3. The summed E-state index contributed by atoms with van der Waals surface area (Å²) in [5, 5.41) is -7.64. The van der Waals surface area contributed by atoms with Crippen LogP contribution in [0.25, 0.3) is 0 Å². The average Bonchev–Trinajstić information content (AvgIpc) is 2.59. The predicted molar refractivity (Wildman–Crippen MR) is 73.5 cm³/mol. The Morgan fingerprint density at radius 3 is 1.24 bits per heavy atom. The number of sulfonamides is 1. The molecular weight excluding hydrogens is 561 g/mol. The molecule has 0 aliphatic carbocycles. The minimum Gasteiger partial charge on any atom is -0.483 e. The number of halogens is 17. The maximum atomic E-state index is 13.7. The van der Waals surface area contributed by atoms with Gasteiger partial charge in [0.2, 0.25) is 0 Å². The SMILES string of the molecule is C=COC(C)NS(=O)(=O)C(F)(F)C(F)(F)C(F)(F)C(F)(F)C(F)(F)C(F)(F)C(F)(F)C(F)(F)F. The first-order valence-electron chi connectivity index (χ1n) is 7.45. The van der Waals surface area contributed by atoms with Crippen LogP contribution in [0.3, 0.4) is 0 Å². The van der Waals surface area contributed by atoms with Gasteiger partial charge in [-0.1, -0.05) is 6.58 Å². The molecule has 0 fully saturated rings. The Hall–Kier alpha value is -1.74. The Kier molecular flexibility index (Phi) is 8.00. The third-order valence-corrected chi connectivity index (χ3v) is 5.23. The summed E-state index contributed by atoms with van der Waals surface area (Å²) in [6.07, 6.45) is -10.1. The number of ether oxygens (including phenoxy) is 1. The lowest BCUT2D eigenvalue weighted by atomic mass is 9.91. The summed E-state index contributed by atoms with van der Waals surface area (Å²) in [6.45, 7) is 3.05. The van der Waals surface area contributed by atoms with Gasteiger partial charge in [-0.3, -0.25) is 0 Å². The van der Waals surface area contributed by atoms with E-state index in [9.17, 15) is 83.1 Å². The first-order chi connectivity index (χ1) is 14.5. The van der Waals surface area contributed by atoms with Crippen molar-refractivity contribution >= 4 is 10.0 Å². The van der Waals surface area contributed by atoms with E-state index < -0.39 is 63.2 Å². The van der Waals surface area contributed by atoms with Crippen molar-refractivity contribution in [3.05, 3.63) is 12.8 Å². The standard InChI is InChI=1S/C12H8F17NO3S/c1-3-33-4(2)30-34(31,32)12(28,29)10(23,24)8(19,20)6(15,16)5(13,14)7(17,18)9(21,22)11(25,26)27/h3-4,30H,1H2,2H3. The van der Waals surface area contributed by atoms with Crippen molar-refractivity contribution in [2.75, 3.05) is 0 Å². The quantitative estimate of drug-likeness (QED) is 0.207. The van der Waals surface area contributed by atoms with Crippen LogP contribution < -0.4 is 4.72 Å². The van der Waals surface area contributed by atoms with Gasteiger partial charge >= 0.3 is 47.0 Å². The molecule has 204 valence electrons. The van der Waals surface area contributed by atoms with E-state index in [4.69, 9.17) is 0 Å². The number of rotatable bonds is 11. The van der Waals surface area contributed by atoms with Gasteiger partial charge < -0.3 is 4.74 Å². The molecule has 0 radical (unpaired) electrons. The third kappa shape index (κ3) is 4.23. The third-order valence-electron chi connectivity index (χ3n) is 3.65. The smallest absolute Gasteiger partial charge is 0.460 e. The monoisotopic (exact) mass is 569 g/mol. The van der Waals surface area contributed by atoms with Crippen LogP contribution in [0.2, 0.25) is 0 Å². The summed E-state index contributed by atoms with van der Waals surface area (Å²) in [4.78, 5) is 0. The summed E-state index contributed by atoms with van der Waals surface area (Å²) in [6, 6.07) is 0. The van der Waals surface area contributed by atoms with Gasteiger partial charge in [0, 0.05) is 0 Å². The van der Waals surface area contributed by atoms with Crippen LogP contribution in [0, 0.1) is 0 Å². The van der Waals surface area contributed by atoms with E-state index in [1.165, 1.54) is 0 Å². The lowest BCUT2D eigenvalue weighted by molar-refractivity contribution is -0.458. The second-order valence-electron chi connectivity index (χ2n) is 6.03.